The summed E-state index contributed by atoms with van der Waals surface area (Å²) in [5, 5.41) is 3.39. The second kappa shape index (κ2) is 7.49. The Balaban J connectivity index is 1.76. The van der Waals surface area contributed by atoms with Gasteiger partial charge in [0, 0.05) is 38.8 Å². The van der Waals surface area contributed by atoms with Crippen molar-refractivity contribution in [3.63, 3.8) is 0 Å². The fourth-order valence-corrected chi connectivity index (χ4v) is 2.90. The molecule has 4 nitrogen and oxygen atoms in total. The molecule has 0 aliphatic carbocycles. The molecule has 0 aromatic heterocycles. The largest absolute Gasteiger partial charge is 0.497 e. The highest BCUT2D eigenvalue weighted by Gasteiger charge is 2.10. The van der Waals surface area contributed by atoms with Crippen LogP contribution in [0.1, 0.15) is 5.56 Å². The van der Waals surface area contributed by atoms with Crippen LogP contribution >= 0.6 is 0 Å². The molecule has 0 bridgehead atoms. The summed E-state index contributed by atoms with van der Waals surface area (Å²) >= 11 is 0. The van der Waals surface area contributed by atoms with Gasteiger partial charge in [-0.3, -0.25) is 4.90 Å². The van der Waals surface area contributed by atoms with Crippen LogP contribution in [0.15, 0.2) is 42.5 Å². The maximum absolute atomic E-state index is 5.35. The molecule has 0 spiro atoms. The third kappa shape index (κ3) is 4.03. The monoisotopic (exact) mass is 312 g/mol. The average Bonchev–Trinajstić information content (AvgIpc) is 2.62. The molecule has 2 aromatic carbocycles. The van der Waals surface area contributed by atoms with E-state index in [1.165, 1.54) is 11.1 Å². The van der Waals surface area contributed by atoms with E-state index in [1.54, 1.807) is 14.2 Å². The van der Waals surface area contributed by atoms with Crippen molar-refractivity contribution < 1.29 is 9.47 Å². The minimum atomic E-state index is 0.809. The normalized spacial score (nSPS) is 15.4. The molecule has 1 N–H and O–H groups in total. The molecule has 1 heterocycles. The van der Waals surface area contributed by atoms with Gasteiger partial charge in [-0.1, -0.05) is 24.3 Å². The van der Waals surface area contributed by atoms with E-state index in [1.807, 2.05) is 18.2 Å². The van der Waals surface area contributed by atoms with Gasteiger partial charge in [-0.2, -0.15) is 0 Å². The topological polar surface area (TPSA) is 33.7 Å². The number of nitrogens with zero attached hydrogens (tertiary/aromatic N) is 1. The van der Waals surface area contributed by atoms with E-state index in [0.29, 0.717) is 0 Å². The molecule has 0 saturated carbocycles. The van der Waals surface area contributed by atoms with E-state index >= 15 is 0 Å². The summed E-state index contributed by atoms with van der Waals surface area (Å²) in [4.78, 5) is 2.49. The maximum atomic E-state index is 5.35. The van der Waals surface area contributed by atoms with Crippen LogP contribution in [0.5, 0.6) is 11.5 Å². The van der Waals surface area contributed by atoms with Gasteiger partial charge in [-0.05, 0) is 28.8 Å². The number of piperazine rings is 1. The third-order valence-electron chi connectivity index (χ3n) is 4.25. The summed E-state index contributed by atoms with van der Waals surface area (Å²) in [6.07, 6.45) is 0. The minimum Gasteiger partial charge on any atom is -0.497 e. The van der Waals surface area contributed by atoms with Gasteiger partial charge in [-0.15, -0.1) is 0 Å². The Morgan fingerprint density at radius 3 is 2.04 bits per heavy atom. The van der Waals surface area contributed by atoms with E-state index in [4.69, 9.17) is 9.47 Å². The zero-order chi connectivity index (χ0) is 16.1. The summed E-state index contributed by atoms with van der Waals surface area (Å²) in [5.74, 6) is 1.62. The Morgan fingerprint density at radius 1 is 0.870 bits per heavy atom. The van der Waals surface area contributed by atoms with E-state index in [0.717, 1.165) is 49.8 Å². The molecule has 122 valence electrons. The third-order valence-corrected chi connectivity index (χ3v) is 4.25. The first-order valence-corrected chi connectivity index (χ1v) is 8.04. The summed E-state index contributed by atoms with van der Waals surface area (Å²) in [5.41, 5.74) is 3.63. The number of rotatable bonds is 5. The maximum Gasteiger partial charge on any atom is 0.123 e. The van der Waals surface area contributed by atoms with Gasteiger partial charge in [-0.25, -0.2) is 0 Å². The molecule has 0 amide bonds. The van der Waals surface area contributed by atoms with E-state index in [-0.39, 0.29) is 0 Å². The highest BCUT2D eigenvalue weighted by Crippen LogP contribution is 2.30. The lowest BCUT2D eigenvalue weighted by Gasteiger charge is -2.27. The SMILES string of the molecule is COc1cc(OC)cc(-c2ccc(CN3CCNCC3)cc2)c1. The van der Waals surface area contributed by atoms with Gasteiger partial charge < -0.3 is 14.8 Å². The zero-order valence-corrected chi connectivity index (χ0v) is 13.8. The van der Waals surface area contributed by atoms with E-state index in [9.17, 15) is 0 Å². The molecule has 0 atom stereocenters. The summed E-state index contributed by atoms with van der Waals surface area (Å²) < 4.78 is 10.7. The van der Waals surface area contributed by atoms with Gasteiger partial charge in [0.1, 0.15) is 11.5 Å². The quantitative estimate of drug-likeness (QED) is 0.920. The Kier molecular flexibility index (Phi) is 5.16. The Bertz CT molecular complexity index is 612. The fourth-order valence-electron chi connectivity index (χ4n) is 2.90. The fraction of sp³-hybridized carbons (Fsp3) is 0.368. The number of hydrogen-bond donors (Lipinski definition) is 1. The lowest BCUT2D eigenvalue weighted by molar-refractivity contribution is 0.233. The Hall–Kier alpha value is -2.04. The van der Waals surface area contributed by atoms with Crippen molar-refractivity contribution in [2.75, 3.05) is 40.4 Å². The average molecular weight is 312 g/mol. The molecule has 1 saturated heterocycles. The molecule has 23 heavy (non-hydrogen) atoms. The zero-order valence-electron chi connectivity index (χ0n) is 13.8. The van der Waals surface area contributed by atoms with Crippen LogP contribution < -0.4 is 14.8 Å². The number of nitrogens with one attached hydrogen (secondary N) is 1. The second-order valence-corrected chi connectivity index (χ2v) is 5.82. The van der Waals surface area contributed by atoms with Crippen molar-refractivity contribution >= 4 is 0 Å². The van der Waals surface area contributed by atoms with Crippen LogP contribution in [0.2, 0.25) is 0 Å². The molecule has 0 unspecified atom stereocenters. The number of ether oxygens (including phenoxy) is 2. The molecule has 3 rings (SSSR count). The van der Waals surface area contributed by atoms with Crippen LogP contribution in [0.25, 0.3) is 11.1 Å². The number of benzene rings is 2. The lowest BCUT2D eigenvalue weighted by atomic mass is 10.0. The first kappa shape index (κ1) is 15.8. The molecule has 1 aliphatic rings. The molecular weight excluding hydrogens is 288 g/mol. The predicted octanol–water partition coefficient (Wildman–Crippen LogP) is 2.78. The first-order chi connectivity index (χ1) is 11.3. The minimum absolute atomic E-state index is 0.809. The van der Waals surface area contributed by atoms with Crippen LogP contribution in [-0.2, 0) is 6.54 Å². The molecule has 4 heteroatoms. The lowest BCUT2D eigenvalue weighted by Crippen LogP contribution is -2.42. The second-order valence-electron chi connectivity index (χ2n) is 5.82. The highest BCUT2D eigenvalue weighted by atomic mass is 16.5. The van der Waals surface area contributed by atoms with E-state index in [2.05, 4.69) is 34.5 Å². The van der Waals surface area contributed by atoms with Crippen molar-refractivity contribution in [1.29, 1.82) is 0 Å². The predicted molar refractivity (Wildman–Crippen MR) is 93.1 cm³/mol. The molecule has 2 aromatic rings. The molecule has 0 radical (unpaired) electrons. The Morgan fingerprint density at radius 2 is 1.48 bits per heavy atom. The molecular formula is C19H24N2O2. The molecule has 1 aliphatic heterocycles. The van der Waals surface area contributed by atoms with Crippen molar-refractivity contribution in [3.8, 4) is 22.6 Å². The summed E-state index contributed by atoms with van der Waals surface area (Å²) in [6.45, 7) is 5.43. The standard InChI is InChI=1S/C19H24N2O2/c1-22-18-11-17(12-19(13-18)23-2)16-5-3-15(4-6-16)14-21-9-7-20-8-10-21/h3-6,11-13,20H,7-10,14H2,1-2H3. The highest BCUT2D eigenvalue weighted by molar-refractivity contribution is 5.67. The van der Waals surface area contributed by atoms with Gasteiger partial charge in [0.25, 0.3) is 0 Å². The molecule has 1 fully saturated rings. The van der Waals surface area contributed by atoms with Crippen LogP contribution in [0.3, 0.4) is 0 Å². The number of hydrogen-bond acceptors (Lipinski definition) is 4. The Labute approximate surface area is 138 Å². The van der Waals surface area contributed by atoms with Gasteiger partial charge in [0.2, 0.25) is 0 Å². The van der Waals surface area contributed by atoms with Gasteiger partial charge >= 0.3 is 0 Å². The summed E-state index contributed by atoms with van der Waals surface area (Å²) in [6, 6.07) is 14.7. The summed E-state index contributed by atoms with van der Waals surface area (Å²) in [7, 11) is 3.35. The van der Waals surface area contributed by atoms with Gasteiger partial charge in [0.15, 0.2) is 0 Å². The smallest absolute Gasteiger partial charge is 0.123 e. The van der Waals surface area contributed by atoms with Crippen LogP contribution in [-0.4, -0.2) is 45.3 Å². The van der Waals surface area contributed by atoms with Crippen molar-refractivity contribution in [3.05, 3.63) is 48.0 Å². The van der Waals surface area contributed by atoms with Crippen LogP contribution in [0, 0.1) is 0 Å². The van der Waals surface area contributed by atoms with Crippen molar-refractivity contribution in [2.45, 2.75) is 6.54 Å². The van der Waals surface area contributed by atoms with Crippen molar-refractivity contribution in [2.24, 2.45) is 0 Å². The van der Waals surface area contributed by atoms with Crippen LogP contribution in [0.4, 0.5) is 0 Å². The van der Waals surface area contributed by atoms with Gasteiger partial charge in [0.05, 0.1) is 14.2 Å². The van der Waals surface area contributed by atoms with Crippen molar-refractivity contribution in [1.82, 2.24) is 10.2 Å². The van der Waals surface area contributed by atoms with E-state index < -0.39 is 0 Å². The first-order valence-electron chi connectivity index (χ1n) is 8.04. The number of methoxy groups -OCH3 is 2.